The molecular formula is C10H16O2. The fraction of sp³-hybridized carbons (Fsp3) is 0.900. The zero-order valence-corrected chi connectivity index (χ0v) is 7.60. The van der Waals surface area contributed by atoms with Gasteiger partial charge in [-0.25, -0.2) is 0 Å². The van der Waals surface area contributed by atoms with Gasteiger partial charge < -0.3 is 5.11 Å². The van der Waals surface area contributed by atoms with E-state index >= 15 is 0 Å². The van der Waals surface area contributed by atoms with Crippen molar-refractivity contribution in [3.8, 4) is 0 Å². The van der Waals surface area contributed by atoms with Gasteiger partial charge in [0.05, 0.1) is 5.60 Å². The van der Waals surface area contributed by atoms with E-state index in [1.807, 2.05) is 6.92 Å². The van der Waals surface area contributed by atoms with E-state index in [2.05, 4.69) is 0 Å². The molecular weight excluding hydrogens is 152 g/mol. The molecule has 0 radical (unpaired) electrons. The van der Waals surface area contributed by atoms with Crippen molar-refractivity contribution in [2.45, 2.75) is 51.0 Å². The maximum absolute atomic E-state index is 11.0. The maximum Gasteiger partial charge on any atom is 0.132 e. The number of carbonyl (C=O) groups is 1. The highest BCUT2D eigenvalue weighted by atomic mass is 16.3. The SMILES string of the molecule is CC1(O)CC2(CCC(=O)CC2)C1. The van der Waals surface area contributed by atoms with Gasteiger partial charge in [0.25, 0.3) is 0 Å². The second-order valence-corrected chi connectivity index (χ2v) is 4.89. The van der Waals surface area contributed by atoms with Crippen LogP contribution >= 0.6 is 0 Å². The third kappa shape index (κ3) is 1.28. The molecule has 0 aromatic rings. The molecule has 2 rings (SSSR count). The number of aliphatic hydroxyl groups is 1. The Morgan fingerprint density at radius 3 is 2.17 bits per heavy atom. The minimum absolute atomic E-state index is 0.345. The fourth-order valence-corrected chi connectivity index (χ4v) is 2.98. The van der Waals surface area contributed by atoms with E-state index in [1.165, 1.54) is 0 Å². The third-order valence-corrected chi connectivity index (χ3v) is 3.38. The summed E-state index contributed by atoms with van der Waals surface area (Å²) >= 11 is 0. The van der Waals surface area contributed by atoms with Crippen LogP contribution < -0.4 is 0 Å². The molecule has 0 amide bonds. The second kappa shape index (κ2) is 2.32. The molecule has 68 valence electrons. The molecule has 2 nitrogen and oxygen atoms in total. The van der Waals surface area contributed by atoms with Crippen LogP contribution in [-0.4, -0.2) is 16.5 Å². The van der Waals surface area contributed by atoms with Crippen LogP contribution in [0.25, 0.3) is 0 Å². The van der Waals surface area contributed by atoms with Crippen molar-refractivity contribution in [3.63, 3.8) is 0 Å². The van der Waals surface area contributed by atoms with E-state index in [-0.39, 0.29) is 0 Å². The predicted octanol–water partition coefficient (Wildman–Crippen LogP) is 1.66. The van der Waals surface area contributed by atoms with Crippen molar-refractivity contribution < 1.29 is 9.90 Å². The molecule has 0 aromatic carbocycles. The Kier molecular flexibility index (Phi) is 1.59. The van der Waals surface area contributed by atoms with Crippen LogP contribution in [0, 0.1) is 5.41 Å². The molecule has 2 aliphatic carbocycles. The first kappa shape index (κ1) is 8.24. The predicted molar refractivity (Wildman–Crippen MR) is 45.8 cm³/mol. The standard InChI is InChI=1S/C10H16O2/c1-9(12)6-10(7-9)4-2-8(11)3-5-10/h12H,2-7H2,1H3. The lowest BCUT2D eigenvalue weighted by Crippen LogP contribution is -2.51. The number of ketones is 1. The normalized spacial score (nSPS) is 31.7. The minimum Gasteiger partial charge on any atom is -0.390 e. The van der Waals surface area contributed by atoms with Gasteiger partial charge >= 0.3 is 0 Å². The Morgan fingerprint density at radius 1 is 1.25 bits per heavy atom. The van der Waals surface area contributed by atoms with Gasteiger partial charge in [0.15, 0.2) is 0 Å². The fourth-order valence-electron chi connectivity index (χ4n) is 2.98. The largest absolute Gasteiger partial charge is 0.390 e. The summed E-state index contributed by atoms with van der Waals surface area (Å²) < 4.78 is 0. The van der Waals surface area contributed by atoms with E-state index in [1.54, 1.807) is 0 Å². The van der Waals surface area contributed by atoms with Crippen LogP contribution in [0.4, 0.5) is 0 Å². The highest BCUT2D eigenvalue weighted by Crippen LogP contribution is 2.55. The van der Waals surface area contributed by atoms with E-state index in [9.17, 15) is 9.90 Å². The van der Waals surface area contributed by atoms with Gasteiger partial charge in [-0.15, -0.1) is 0 Å². The molecule has 2 fully saturated rings. The van der Waals surface area contributed by atoms with Crippen LogP contribution in [-0.2, 0) is 4.79 Å². The lowest BCUT2D eigenvalue weighted by atomic mass is 9.54. The van der Waals surface area contributed by atoms with Crippen molar-refractivity contribution in [3.05, 3.63) is 0 Å². The zero-order chi connectivity index (χ0) is 8.82. The van der Waals surface area contributed by atoms with Gasteiger partial charge in [-0.2, -0.15) is 0 Å². The number of carbonyl (C=O) groups excluding carboxylic acids is 1. The van der Waals surface area contributed by atoms with Crippen LogP contribution in [0.1, 0.15) is 45.4 Å². The van der Waals surface area contributed by atoms with Gasteiger partial charge in [-0.3, -0.25) is 4.79 Å². The summed E-state index contributed by atoms with van der Waals surface area (Å²) in [5, 5.41) is 9.61. The van der Waals surface area contributed by atoms with E-state index in [0.29, 0.717) is 11.2 Å². The molecule has 0 aromatic heterocycles. The molecule has 0 unspecified atom stereocenters. The van der Waals surface area contributed by atoms with E-state index in [4.69, 9.17) is 0 Å². The van der Waals surface area contributed by atoms with Gasteiger partial charge in [-0.1, -0.05) is 0 Å². The highest BCUT2D eigenvalue weighted by Gasteiger charge is 2.51. The molecule has 0 atom stereocenters. The molecule has 2 heteroatoms. The summed E-state index contributed by atoms with van der Waals surface area (Å²) in [6, 6.07) is 0. The molecule has 1 spiro atoms. The average Bonchev–Trinajstić information content (AvgIpc) is 1.91. The zero-order valence-electron chi connectivity index (χ0n) is 7.60. The molecule has 0 heterocycles. The molecule has 0 saturated heterocycles. The van der Waals surface area contributed by atoms with Crippen LogP contribution in [0.5, 0.6) is 0 Å². The van der Waals surface area contributed by atoms with Gasteiger partial charge in [0, 0.05) is 12.8 Å². The molecule has 2 aliphatic rings. The minimum atomic E-state index is -0.430. The monoisotopic (exact) mass is 168 g/mol. The molecule has 0 aliphatic heterocycles. The summed E-state index contributed by atoms with van der Waals surface area (Å²) in [6.07, 6.45) is 5.34. The number of Topliss-reactive ketones (excluding diaryl/α,β-unsaturated/α-hetero) is 1. The average molecular weight is 168 g/mol. The molecule has 1 N–H and O–H groups in total. The van der Waals surface area contributed by atoms with Crippen LogP contribution in [0.15, 0.2) is 0 Å². The van der Waals surface area contributed by atoms with Crippen LogP contribution in [0.3, 0.4) is 0 Å². The first-order valence-electron chi connectivity index (χ1n) is 4.76. The van der Waals surface area contributed by atoms with Gasteiger partial charge in [0.2, 0.25) is 0 Å². The van der Waals surface area contributed by atoms with Crippen molar-refractivity contribution in [1.29, 1.82) is 0 Å². The van der Waals surface area contributed by atoms with Crippen molar-refractivity contribution >= 4 is 5.78 Å². The number of hydrogen-bond acceptors (Lipinski definition) is 2. The Bertz CT molecular complexity index is 198. The van der Waals surface area contributed by atoms with Crippen molar-refractivity contribution in [2.24, 2.45) is 5.41 Å². The van der Waals surface area contributed by atoms with E-state index in [0.717, 1.165) is 38.5 Å². The maximum atomic E-state index is 11.0. The summed E-state index contributed by atoms with van der Waals surface area (Å²) in [6.45, 7) is 1.90. The lowest BCUT2D eigenvalue weighted by Gasteiger charge is -2.53. The first-order chi connectivity index (χ1) is 5.52. The second-order valence-electron chi connectivity index (χ2n) is 4.89. The quantitative estimate of drug-likeness (QED) is 0.597. The van der Waals surface area contributed by atoms with Crippen LogP contribution in [0.2, 0.25) is 0 Å². The third-order valence-electron chi connectivity index (χ3n) is 3.38. The Labute approximate surface area is 73.0 Å². The highest BCUT2D eigenvalue weighted by molar-refractivity contribution is 5.79. The summed E-state index contributed by atoms with van der Waals surface area (Å²) in [7, 11) is 0. The number of hydrogen-bond donors (Lipinski definition) is 1. The number of rotatable bonds is 0. The first-order valence-corrected chi connectivity index (χ1v) is 4.76. The molecule has 2 saturated carbocycles. The Hall–Kier alpha value is -0.370. The smallest absolute Gasteiger partial charge is 0.132 e. The molecule has 12 heavy (non-hydrogen) atoms. The van der Waals surface area contributed by atoms with E-state index < -0.39 is 5.60 Å². The summed E-state index contributed by atoms with van der Waals surface area (Å²) in [5.41, 5.74) is -0.0855. The van der Waals surface area contributed by atoms with Gasteiger partial charge in [0.1, 0.15) is 5.78 Å². The Morgan fingerprint density at radius 2 is 1.75 bits per heavy atom. The molecule has 0 bridgehead atoms. The Balaban J connectivity index is 1.95. The topological polar surface area (TPSA) is 37.3 Å². The van der Waals surface area contributed by atoms with Gasteiger partial charge in [-0.05, 0) is 38.0 Å². The van der Waals surface area contributed by atoms with Crippen molar-refractivity contribution in [2.75, 3.05) is 0 Å². The summed E-state index contributed by atoms with van der Waals surface area (Å²) in [5.74, 6) is 0.409. The lowest BCUT2D eigenvalue weighted by molar-refractivity contribution is -0.144. The summed E-state index contributed by atoms with van der Waals surface area (Å²) in [4.78, 5) is 11.0. The van der Waals surface area contributed by atoms with Crippen molar-refractivity contribution in [1.82, 2.24) is 0 Å².